The van der Waals surface area contributed by atoms with Gasteiger partial charge >= 0.3 is 0 Å². The molecule has 1 aliphatic heterocycles. The van der Waals surface area contributed by atoms with Crippen molar-refractivity contribution in [2.75, 3.05) is 50.8 Å². The van der Waals surface area contributed by atoms with Crippen molar-refractivity contribution in [1.29, 1.82) is 0 Å². The molecule has 1 heterocycles. The van der Waals surface area contributed by atoms with E-state index in [2.05, 4.69) is 4.90 Å². The van der Waals surface area contributed by atoms with E-state index in [0.717, 1.165) is 19.6 Å². The molecule has 1 aliphatic rings. The lowest BCUT2D eigenvalue weighted by molar-refractivity contribution is 0.242. The van der Waals surface area contributed by atoms with Crippen molar-refractivity contribution in [3.05, 3.63) is 0 Å². The molecule has 1 fully saturated rings. The number of hydrogen-bond donors (Lipinski definition) is 2. The summed E-state index contributed by atoms with van der Waals surface area (Å²) in [5.74, 6) is -0.366. The van der Waals surface area contributed by atoms with Crippen molar-refractivity contribution in [2.24, 2.45) is 10.3 Å². The predicted molar refractivity (Wildman–Crippen MR) is 78.1 cm³/mol. The van der Waals surface area contributed by atoms with E-state index in [1.807, 2.05) is 0 Å². The molecule has 0 unspecified atom stereocenters. The van der Waals surface area contributed by atoms with Crippen LogP contribution in [0.3, 0.4) is 0 Å². The van der Waals surface area contributed by atoms with Gasteiger partial charge in [0.2, 0.25) is 20.0 Å². The maximum absolute atomic E-state index is 11.0. The third-order valence-corrected chi connectivity index (χ3v) is 4.82. The normalized spacial score (nSPS) is 17.9. The van der Waals surface area contributed by atoms with E-state index < -0.39 is 20.0 Å². The first-order chi connectivity index (χ1) is 9.16. The van der Waals surface area contributed by atoms with Gasteiger partial charge < -0.3 is 4.90 Å². The second-order valence-corrected chi connectivity index (χ2v) is 8.59. The summed E-state index contributed by atoms with van der Waals surface area (Å²) < 4.78 is 44.0. The number of likely N-dealkylation sites (tertiary alicyclic amines) is 1. The fourth-order valence-electron chi connectivity index (χ4n) is 2.14. The molecule has 0 amide bonds. The summed E-state index contributed by atoms with van der Waals surface area (Å²) in [7, 11) is -7.09. The number of nitrogens with two attached hydrogens (primary N) is 2. The topological polar surface area (TPSA) is 127 Å². The van der Waals surface area contributed by atoms with Crippen LogP contribution in [0.1, 0.15) is 12.8 Å². The highest BCUT2D eigenvalue weighted by Crippen LogP contribution is 2.06. The quantitative estimate of drug-likeness (QED) is 0.502. The molecule has 0 radical (unpaired) electrons. The van der Waals surface area contributed by atoms with Crippen molar-refractivity contribution >= 4 is 20.0 Å². The molecule has 20 heavy (non-hydrogen) atoms. The first kappa shape index (κ1) is 17.8. The van der Waals surface area contributed by atoms with Gasteiger partial charge in [-0.15, -0.1) is 0 Å². The zero-order chi connectivity index (χ0) is 15.2. The van der Waals surface area contributed by atoms with Gasteiger partial charge in [-0.2, -0.15) is 0 Å². The molecule has 0 saturated carbocycles. The summed E-state index contributed by atoms with van der Waals surface area (Å²) in [6.45, 7) is 3.95. The van der Waals surface area contributed by atoms with Crippen molar-refractivity contribution in [3.63, 3.8) is 0 Å². The van der Waals surface area contributed by atoms with E-state index in [1.54, 1.807) is 4.90 Å². The lowest BCUT2D eigenvalue weighted by atomic mass is 10.4. The highest BCUT2D eigenvalue weighted by Gasteiger charge is 2.16. The summed E-state index contributed by atoms with van der Waals surface area (Å²) in [5, 5.41) is 9.95. The summed E-state index contributed by atoms with van der Waals surface area (Å²) in [5.41, 5.74) is 0. The Morgan fingerprint density at radius 3 is 1.70 bits per heavy atom. The van der Waals surface area contributed by atoms with Crippen LogP contribution in [0.25, 0.3) is 0 Å². The van der Waals surface area contributed by atoms with Gasteiger partial charge in [-0.1, -0.05) is 0 Å². The minimum absolute atomic E-state index is 0.183. The summed E-state index contributed by atoms with van der Waals surface area (Å²) in [6.07, 6.45) is 2.35. The molecule has 4 N–H and O–H groups in total. The van der Waals surface area contributed by atoms with E-state index in [0.29, 0.717) is 6.54 Å². The molecule has 0 aromatic rings. The average Bonchev–Trinajstić information content (AvgIpc) is 2.78. The predicted octanol–water partition coefficient (Wildman–Crippen LogP) is -2.04. The Bertz CT molecular complexity index is 449. The van der Waals surface area contributed by atoms with Crippen molar-refractivity contribution in [1.82, 2.24) is 9.80 Å². The molecular weight excluding hydrogens is 304 g/mol. The van der Waals surface area contributed by atoms with Crippen LogP contribution < -0.4 is 10.3 Å². The van der Waals surface area contributed by atoms with E-state index >= 15 is 0 Å². The Morgan fingerprint density at radius 2 is 1.30 bits per heavy atom. The lowest BCUT2D eigenvalue weighted by Gasteiger charge is -2.24. The van der Waals surface area contributed by atoms with Crippen LogP contribution in [-0.4, -0.2) is 77.4 Å². The monoisotopic (exact) mass is 328 g/mol. The van der Waals surface area contributed by atoms with Gasteiger partial charge in [0.05, 0.1) is 11.5 Å². The van der Waals surface area contributed by atoms with E-state index in [4.69, 9.17) is 10.3 Å². The number of hydrogen-bond acceptors (Lipinski definition) is 6. The van der Waals surface area contributed by atoms with Crippen LogP contribution in [0.15, 0.2) is 0 Å². The van der Waals surface area contributed by atoms with E-state index in [9.17, 15) is 16.8 Å². The fourth-order valence-corrected chi connectivity index (χ4v) is 3.16. The maximum atomic E-state index is 11.0. The molecule has 0 spiro atoms. The molecule has 120 valence electrons. The van der Waals surface area contributed by atoms with Crippen LogP contribution in [-0.2, 0) is 20.0 Å². The zero-order valence-electron chi connectivity index (χ0n) is 11.6. The average molecular weight is 328 g/mol. The highest BCUT2D eigenvalue weighted by atomic mass is 32.2. The number of nitrogens with zero attached hydrogens (tertiary/aromatic N) is 2. The Hall–Kier alpha value is -0.260. The number of rotatable bonds is 9. The third-order valence-electron chi connectivity index (χ3n) is 3.32. The van der Waals surface area contributed by atoms with E-state index in [-0.39, 0.29) is 24.6 Å². The molecule has 0 aliphatic carbocycles. The molecule has 1 saturated heterocycles. The molecule has 10 heteroatoms. The third kappa shape index (κ3) is 8.82. The van der Waals surface area contributed by atoms with Gasteiger partial charge in [0.1, 0.15) is 0 Å². The van der Waals surface area contributed by atoms with Gasteiger partial charge in [0, 0.05) is 26.2 Å². The van der Waals surface area contributed by atoms with Crippen molar-refractivity contribution in [2.45, 2.75) is 12.8 Å². The van der Waals surface area contributed by atoms with Crippen molar-refractivity contribution in [3.8, 4) is 0 Å². The van der Waals surface area contributed by atoms with E-state index in [1.165, 1.54) is 12.8 Å². The Kier molecular flexibility index (Phi) is 6.82. The maximum Gasteiger partial charge on any atom is 0.210 e. The van der Waals surface area contributed by atoms with Crippen LogP contribution in [0.2, 0.25) is 0 Å². The molecule has 0 bridgehead atoms. The van der Waals surface area contributed by atoms with Crippen molar-refractivity contribution < 1.29 is 16.8 Å². The van der Waals surface area contributed by atoms with Gasteiger partial charge in [-0.25, -0.2) is 27.1 Å². The minimum atomic E-state index is -3.55. The highest BCUT2D eigenvalue weighted by molar-refractivity contribution is 7.89. The largest absolute Gasteiger partial charge is 0.302 e. The van der Waals surface area contributed by atoms with Gasteiger partial charge in [-0.3, -0.25) is 4.90 Å². The van der Waals surface area contributed by atoms with Gasteiger partial charge in [-0.05, 0) is 25.9 Å². The number of sulfonamides is 2. The van der Waals surface area contributed by atoms with Crippen LogP contribution in [0.5, 0.6) is 0 Å². The Labute approximate surface area is 121 Å². The summed E-state index contributed by atoms with van der Waals surface area (Å²) in [4.78, 5) is 4.06. The summed E-state index contributed by atoms with van der Waals surface area (Å²) in [6, 6.07) is 0. The zero-order valence-corrected chi connectivity index (χ0v) is 13.2. The first-order valence-electron chi connectivity index (χ1n) is 6.61. The lowest BCUT2D eigenvalue weighted by Crippen LogP contribution is -2.40. The fraction of sp³-hybridized carbons (Fsp3) is 1.00. The molecule has 0 atom stereocenters. The first-order valence-corrected chi connectivity index (χ1v) is 10.0. The Balaban J connectivity index is 2.44. The SMILES string of the molecule is NS(=O)(=O)CCN(CCN1CCCC1)CCS(N)(=O)=O. The molecular formula is C10H24N4O4S2. The molecule has 0 aromatic carbocycles. The number of primary sulfonamides is 2. The van der Waals surface area contributed by atoms with Crippen LogP contribution >= 0.6 is 0 Å². The minimum Gasteiger partial charge on any atom is -0.302 e. The summed E-state index contributed by atoms with van der Waals surface area (Å²) >= 11 is 0. The second kappa shape index (κ2) is 7.66. The smallest absolute Gasteiger partial charge is 0.210 e. The van der Waals surface area contributed by atoms with Crippen LogP contribution in [0, 0.1) is 0 Å². The Morgan fingerprint density at radius 1 is 0.850 bits per heavy atom. The molecule has 1 rings (SSSR count). The van der Waals surface area contributed by atoms with Gasteiger partial charge in [0.15, 0.2) is 0 Å². The van der Waals surface area contributed by atoms with Gasteiger partial charge in [0.25, 0.3) is 0 Å². The molecule has 0 aromatic heterocycles. The molecule has 8 nitrogen and oxygen atoms in total. The second-order valence-electron chi connectivity index (χ2n) is 5.12. The standard InChI is InChI=1S/C10H24N4O4S2/c11-19(15,16)9-7-14(8-10-20(12,17)18)6-5-13-3-1-2-4-13/h1-10H2,(H2,11,15,16)(H2,12,17,18). The van der Waals surface area contributed by atoms with Crippen LogP contribution in [0.4, 0.5) is 0 Å².